The first-order valence-electron chi connectivity index (χ1n) is 9.78. The average molecular weight is 377 g/mol. The van der Waals surface area contributed by atoms with E-state index in [0.29, 0.717) is 24.5 Å². The highest BCUT2D eigenvalue weighted by Gasteiger charge is 2.29. The van der Waals surface area contributed by atoms with E-state index in [2.05, 4.69) is 11.8 Å². The summed E-state index contributed by atoms with van der Waals surface area (Å²) in [6, 6.07) is 15.6. The molecule has 0 radical (unpaired) electrons. The second-order valence-electron chi connectivity index (χ2n) is 6.93. The number of para-hydroxylation sites is 1. The molecule has 0 atom stereocenters. The lowest BCUT2D eigenvalue weighted by atomic mass is 10.1. The fourth-order valence-corrected chi connectivity index (χ4v) is 3.64. The van der Waals surface area contributed by atoms with Crippen LogP contribution in [-0.2, 0) is 6.54 Å². The summed E-state index contributed by atoms with van der Waals surface area (Å²) in [4.78, 5) is 15.4. The molecular weight excluding hydrogens is 350 g/mol. The normalized spacial score (nSPS) is 13.5. The molecule has 1 saturated carbocycles. The quantitative estimate of drug-likeness (QED) is 0.658. The highest BCUT2D eigenvalue weighted by atomic mass is 16.5. The molecule has 2 aromatic carbocycles. The third kappa shape index (κ3) is 4.86. The van der Waals surface area contributed by atoms with Crippen LogP contribution in [-0.4, -0.2) is 30.6 Å². The number of amides is 1. The summed E-state index contributed by atoms with van der Waals surface area (Å²) in [5.41, 5.74) is 1.71. The molecule has 0 unspecified atom stereocenters. The van der Waals surface area contributed by atoms with E-state index < -0.39 is 0 Å². The van der Waals surface area contributed by atoms with Gasteiger partial charge in [0.05, 0.1) is 12.7 Å². The number of hydrogen-bond acceptors (Lipinski definition) is 3. The summed E-state index contributed by atoms with van der Waals surface area (Å²) >= 11 is 0. The maximum Gasteiger partial charge on any atom is 0.258 e. The maximum absolute atomic E-state index is 13.4. The zero-order valence-electron chi connectivity index (χ0n) is 16.6. The van der Waals surface area contributed by atoms with Crippen LogP contribution < -0.4 is 9.47 Å². The van der Waals surface area contributed by atoms with Gasteiger partial charge in [0.2, 0.25) is 0 Å². The first kappa shape index (κ1) is 19.8. The largest absolute Gasteiger partial charge is 0.496 e. The van der Waals surface area contributed by atoms with Gasteiger partial charge in [0.1, 0.15) is 18.1 Å². The van der Waals surface area contributed by atoms with Gasteiger partial charge in [-0.05, 0) is 49.6 Å². The number of carbonyl (C=O) groups excluding carboxylic acids is 1. The Morgan fingerprint density at radius 2 is 1.82 bits per heavy atom. The zero-order chi connectivity index (χ0) is 19.8. The van der Waals surface area contributed by atoms with Crippen LogP contribution in [0.2, 0.25) is 0 Å². The first-order chi connectivity index (χ1) is 13.7. The smallest absolute Gasteiger partial charge is 0.258 e. The number of benzene rings is 2. The van der Waals surface area contributed by atoms with Crippen LogP contribution in [0.25, 0.3) is 0 Å². The van der Waals surface area contributed by atoms with Gasteiger partial charge in [-0.1, -0.05) is 43.0 Å². The van der Waals surface area contributed by atoms with E-state index >= 15 is 0 Å². The highest BCUT2D eigenvalue weighted by Crippen LogP contribution is 2.29. The second-order valence-corrected chi connectivity index (χ2v) is 6.93. The van der Waals surface area contributed by atoms with E-state index in [0.717, 1.165) is 24.2 Å². The van der Waals surface area contributed by atoms with Crippen LogP contribution in [0.15, 0.2) is 48.5 Å². The van der Waals surface area contributed by atoms with Gasteiger partial charge in [-0.3, -0.25) is 4.79 Å². The van der Waals surface area contributed by atoms with E-state index in [1.165, 1.54) is 12.8 Å². The molecule has 4 nitrogen and oxygen atoms in total. The number of rotatable bonds is 7. The molecule has 0 spiro atoms. The van der Waals surface area contributed by atoms with Crippen molar-refractivity contribution in [1.29, 1.82) is 0 Å². The topological polar surface area (TPSA) is 38.8 Å². The lowest BCUT2D eigenvalue weighted by Crippen LogP contribution is -2.38. The number of nitrogens with zero attached hydrogens (tertiary/aromatic N) is 1. The number of hydrogen-bond donors (Lipinski definition) is 0. The predicted molar refractivity (Wildman–Crippen MR) is 111 cm³/mol. The van der Waals surface area contributed by atoms with Crippen LogP contribution in [0, 0.1) is 11.8 Å². The number of ether oxygens (including phenoxy) is 2. The van der Waals surface area contributed by atoms with Crippen molar-refractivity contribution in [2.24, 2.45) is 0 Å². The van der Waals surface area contributed by atoms with Crippen molar-refractivity contribution in [3.63, 3.8) is 0 Å². The molecule has 0 heterocycles. The Morgan fingerprint density at radius 3 is 2.50 bits per heavy atom. The Bertz CT molecular complexity index is 842. The summed E-state index contributed by atoms with van der Waals surface area (Å²) in [6.07, 6.45) is 4.45. The number of methoxy groups -OCH3 is 1. The van der Waals surface area contributed by atoms with Crippen LogP contribution >= 0.6 is 0 Å². The monoisotopic (exact) mass is 377 g/mol. The molecule has 28 heavy (non-hydrogen) atoms. The van der Waals surface area contributed by atoms with Gasteiger partial charge < -0.3 is 14.4 Å². The van der Waals surface area contributed by atoms with Crippen molar-refractivity contribution < 1.29 is 14.3 Å². The van der Waals surface area contributed by atoms with Gasteiger partial charge in [0.15, 0.2) is 0 Å². The first-order valence-corrected chi connectivity index (χ1v) is 9.78. The molecule has 1 fully saturated rings. The van der Waals surface area contributed by atoms with E-state index in [4.69, 9.17) is 9.47 Å². The summed E-state index contributed by atoms with van der Waals surface area (Å²) in [5.74, 6) is 7.14. The third-order valence-corrected chi connectivity index (χ3v) is 5.13. The molecule has 4 heteroatoms. The average Bonchev–Trinajstić information content (AvgIpc) is 3.27. The molecule has 0 saturated heterocycles. The predicted octanol–water partition coefficient (Wildman–Crippen LogP) is 4.68. The van der Waals surface area contributed by atoms with Gasteiger partial charge in [-0.15, -0.1) is 5.92 Å². The number of carbonyl (C=O) groups is 1. The van der Waals surface area contributed by atoms with Gasteiger partial charge in [-0.2, -0.15) is 0 Å². The molecule has 0 bridgehead atoms. The molecule has 0 N–H and O–H groups in total. The van der Waals surface area contributed by atoms with E-state index in [-0.39, 0.29) is 11.9 Å². The van der Waals surface area contributed by atoms with E-state index in [1.807, 2.05) is 53.4 Å². The minimum atomic E-state index is 0.0305. The molecule has 0 aliphatic heterocycles. The molecule has 2 aromatic rings. The van der Waals surface area contributed by atoms with Crippen LogP contribution in [0.1, 0.15) is 48.5 Å². The van der Waals surface area contributed by atoms with Crippen molar-refractivity contribution in [2.75, 3.05) is 13.7 Å². The van der Waals surface area contributed by atoms with Crippen LogP contribution in [0.4, 0.5) is 0 Å². The van der Waals surface area contributed by atoms with Crippen LogP contribution in [0.5, 0.6) is 11.5 Å². The fraction of sp³-hybridized carbons (Fsp3) is 0.375. The summed E-state index contributed by atoms with van der Waals surface area (Å²) in [7, 11) is 1.60. The summed E-state index contributed by atoms with van der Waals surface area (Å²) in [5, 5.41) is 0. The second kappa shape index (κ2) is 9.85. The van der Waals surface area contributed by atoms with E-state index in [1.54, 1.807) is 14.0 Å². The molecule has 1 aliphatic rings. The van der Waals surface area contributed by atoms with Crippen molar-refractivity contribution in [3.8, 4) is 23.3 Å². The van der Waals surface area contributed by atoms with Crippen molar-refractivity contribution >= 4 is 5.91 Å². The van der Waals surface area contributed by atoms with Crippen molar-refractivity contribution in [1.82, 2.24) is 4.90 Å². The van der Waals surface area contributed by atoms with Gasteiger partial charge in [-0.25, -0.2) is 0 Å². The molecule has 0 aromatic heterocycles. The summed E-state index contributed by atoms with van der Waals surface area (Å²) in [6.45, 7) is 2.76. The van der Waals surface area contributed by atoms with Gasteiger partial charge in [0.25, 0.3) is 5.91 Å². The van der Waals surface area contributed by atoms with Gasteiger partial charge in [0, 0.05) is 12.6 Å². The Kier molecular flexibility index (Phi) is 6.97. The summed E-state index contributed by atoms with van der Waals surface area (Å²) < 4.78 is 11.0. The molecule has 1 amide bonds. The minimum absolute atomic E-state index is 0.0305. The lowest BCUT2D eigenvalue weighted by molar-refractivity contribution is 0.0661. The highest BCUT2D eigenvalue weighted by molar-refractivity contribution is 5.97. The molecule has 3 rings (SSSR count). The molecule has 1 aliphatic carbocycles. The Balaban J connectivity index is 1.78. The van der Waals surface area contributed by atoms with Crippen molar-refractivity contribution in [3.05, 3.63) is 59.7 Å². The fourth-order valence-electron chi connectivity index (χ4n) is 3.64. The minimum Gasteiger partial charge on any atom is -0.496 e. The molecular formula is C24H27NO3. The Hall–Kier alpha value is -2.93. The zero-order valence-corrected chi connectivity index (χ0v) is 16.6. The standard InChI is InChI=1S/C24H27NO3/c1-3-4-17-28-21-15-13-19(14-16-21)18-25(20-9-5-6-10-20)24(26)22-11-7-8-12-23(22)27-2/h7-8,11-16,20H,5-6,9-10,17-18H2,1-2H3. The Labute approximate surface area is 167 Å². The van der Waals surface area contributed by atoms with E-state index in [9.17, 15) is 4.79 Å². The van der Waals surface area contributed by atoms with Gasteiger partial charge >= 0.3 is 0 Å². The third-order valence-electron chi connectivity index (χ3n) is 5.13. The van der Waals surface area contributed by atoms with Crippen molar-refractivity contribution in [2.45, 2.75) is 45.2 Å². The Morgan fingerprint density at radius 1 is 1.11 bits per heavy atom. The molecule has 146 valence electrons. The lowest BCUT2D eigenvalue weighted by Gasteiger charge is -2.30. The SMILES string of the molecule is CC#CCOc1ccc(CN(C(=O)c2ccccc2OC)C2CCCC2)cc1. The van der Waals surface area contributed by atoms with Crippen LogP contribution in [0.3, 0.4) is 0 Å². The maximum atomic E-state index is 13.4.